The number of pyridine rings is 2. The molecule has 0 aliphatic carbocycles. The van der Waals surface area contributed by atoms with E-state index in [9.17, 15) is 32.7 Å². The first-order valence-electron chi connectivity index (χ1n) is 12.4. The summed E-state index contributed by atoms with van der Waals surface area (Å²) in [6, 6.07) is 14.4. The summed E-state index contributed by atoms with van der Waals surface area (Å²) >= 11 is 12.2. The van der Waals surface area contributed by atoms with Crippen molar-refractivity contribution >= 4 is 56.9 Å². The summed E-state index contributed by atoms with van der Waals surface area (Å²) in [5, 5.41) is 12.4. The van der Waals surface area contributed by atoms with Gasteiger partial charge in [-0.05, 0) is 35.4 Å². The second kappa shape index (κ2) is 11.1. The number of carboxylic acid groups (broad SMARTS) is 1. The number of benzene rings is 3. The maximum atomic E-state index is 14.5. The van der Waals surface area contributed by atoms with E-state index in [-0.39, 0.29) is 49.4 Å². The maximum absolute atomic E-state index is 14.5. The van der Waals surface area contributed by atoms with Gasteiger partial charge in [-0.2, -0.15) is 13.2 Å². The van der Waals surface area contributed by atoms with Gasteiger partial charge in [-0.3, -0.25) is 14.6 Å². The van der Waals surface area contributed by atoms with E-state index in [0.717, 1.165) is 4.57 Å². The summed E-state index contributed by atoms with van der Waals surface area (Å²) in [6.07, 6.45) is -3.75. The van der Waals surface area contributed by atoms with Crippen LogP contribution in [0, 0.1) is 0 Å². The molecule has 0 unspecified atom stereocenters. The number of hydrogen-bond acceptors (Lipinski definition) is 4. The van der Waals surface area contributed by atoms with Crippen molar-refractivity contribution in [1.29, 1.82) is 0 Å². The molecule has 0 aliphatic rings. The molecule has 5 rings (SSSR count). The minimum absolute atomic E-state index is 0.0145. The van der Waals surface area contributed by atoms with Gasteiger partial charge in [0, 0.05) is 30.4 Å². The summed E-state index contributed by atoms with van der Waals surface area (Å²) in [6.45, 7) is 0. The molecule has 0 aliphatic heterocycles. The lowest BCUT2D eigenvalue weighted by Crippen LogP contribution is -2.42. The number of carbonyl (C=O) groups excluding carboxylic acids is 1. The zero-order chi connectivity index (χ0) is 30.3. The molecule has 0 saturated carbocycles. The molecule has 1 atom stereocenters. The number of nitrogens with one attached hydrogen (secondary N) is 1. The van der Waals surface area contributed by atoms with E-state index >= 15 is 0 Å². The first-order valence-corrected chi connectivity index (χ1v) is 13.2. The molecule has 7 nitrogen and oxygen atoms in total. The Balaban J connectivity index is 1.65. The van der Waals surface area contributed by atoms with Gasteiger partial charge in [-0.1, -0.05) is 65.7 Å². The van der Waals surface area contributed by atoms with Gasteiger partial charge in [-0.25, -0.2) is 4.79 Å². The van der Waals surface area contributed by atoms with Crippen molar-refractivity contribution in [3.63, 3.8) is 0 Å². The number of para-hydroxylation sites is 1. The molecule has 0 radical (unpaired) electrons. The predicted octanol–water partition coefficient (Wildman–Crippen LogP) is 6.51. The zero-order valence-electron chi connectivity index (χ0n) is 21.7. The molecule has 0 spiro atoms. The SMILES string of the molecule is Cn1c(=O)c(-c2ccc(C[C@H](NC(=O)c3c(Cl)cccc3Cl)C(=O)O)c3ncccc23)c(C(F)(F)F)c2ccccc21. The molecule has 0 fully saturated rings. The topological polar surface area (TPSA) is 101 Å². The number of fused-ring (bicyclic) bond motifs is 2. The van der Waals surface area contributed by atoms with Crippen molar-refractivity contribution in [3.8, 4) is 11.1 Å². The van der Waals surface area contributed by atoms with Crippen molar-refractivity contribution < 1.29 is 27.9 Å². The Labute approximate surface area is 246 Å². The number of hydrogen-bond donors (Lipinski definition) is 2. The van der Waals surface area contributed by atoms with Crippen molar-refractivity contribution in [1.82, 2.24) is 14.9 Å². The average molecular weight is 614 g/mol. The van der Waals surface area contributed by atoms with Gasteiger partial charge in [0.25, 0.3) is 11.5 Å². The Morgan fingerprint density at radius 3 is 2.31 bits per heavy atom. The van der Waals surface area contributed by atoms with Crippen LogP contribution < -0.4 is 10.9 Å². The highest BCUT2D eigenvalue weighted by Gasteiger charge is 2.38. The molecule has 2 aromatic heterocycles. The van der Waals surface area contributed by atoms with Crippen molar-refractivity contribution in [2.75, 3.05) is 0 Å². The van der Waals surface area contributed by atoms with Gasteiger partial charge in [-0.15, -0.1) is 0 Å². The number of halogens is 5. The van der Waals surface area contributed by atoms with E-state index in [1.165, 1.54) is 73.9 Å². The van der Waals surface area contributed by atoms with E-state index < -0.39 is 40.8 Å². The van der Waals surface area contributed by atoms with E-state index in [1.54, 1.807) is 6.07 Å². The zero-order valence-corrected chi connectivity index (χ0v) is 23.2. The lowest BCUT2D eigenvalue weighted by molar-refractivity contribution is -0.139. The van der Waals surface area contributed by atoms with Crippen molar-refractivity contribution in [3.05, 3.63) is 110 Å². The highest BCUT2D eigenvalue weighted by atomic mass is 35.5. The fourth-order valence-corrected chi connectivity index (χ4v) is 5.59. The number of aliphatic carboxylic acids is 1. The fourth-order valence-electron chi connectivity index (χ4n) is 5.02. The number of amides is 1. The van der Waals surface area contributed by atoms with Gasteiger partial charge >= 0.3 is 12.1 Å². The number of nitrogens with zero attached hydrogens (tertiary/aromatic N) is 2. The number of alkyl halides is 3. The van der Waals surface area contributed by atoms with Crippen LogP contribution in [0.1, 0.15) is 21.5 Å². The standard InChI is InChI=1S/C30H20Cl2F3N3O4/c1-38-22-10-3-2-6-18(22)25(30(33,34)35)23(28(38)40)16-12-11-15(26-17(16)7-5-13-36-26)14-21(29(41)42)37-27(39)24-19(31)8-4-9-20(24)32/h2-13,21H,14H2,1H3,(H,37,39)(H,41,42)/t21-/m0/s1. The molecule has 1 amide bonds. The summed E-state index contributed by atoms with van der Waals surface area (Å²) in [5.41, 5.74) is -1.98. The summed E-state index contributed by atoms with van der Waals surface area (Å²) < 4.78 is 44.8. The van der Waals surface area contributed by atoms with Crippen LogP contribution in [0.3, 0.4) is 0 Å². The van der Waals surface area contributed by atoms with Gasteiger partial charge in [0.15, 0.2) is 0 Å². The molecule has 214 valence electrons. The van der Waals surface area contributed by atoms with Gasteiger partial charge in [0.1, 0.15) is 6.04 Å². The molecule has 5 aromatic rings. The molecule has 0 bridgehead atoms. The molecule has 42 heavy (non-hydrogen) atoms. The van der Waals surface area contributed by atoms with E-state index in [2.05, 4.69) is 10.3 Å². The first kappa shape index (κ1) is 29.1. The van der Waals surface area contributed by atoms with Gasteiger partial charge in [0.2, 0.25) is 0 Å². The monoisotopic (exact) mass is 613 g/mol. The Bertz CT molecular complexity index is 1940. The largest absolute Gasteiger partial charge is 0.480 e. The van der Waals surface area contributed by atoms with Crippen LogP contribution in [0.5, 0.6) is 0 Å². The van der Waals surface area contributed by atoms with Gasteiger partial charge < -0.3 is 15.0 Å². The van der Waals surface area contributed by atoms with E-state index in [0.29, 0.717) is 5.56 Å². The van der Waals surface area contributed by atoms with Crippen LogP contribution in [0.4, 0.5) is 13.2 Å². The van der Waals surface area contributed by atoms with Crippen LogP contribution in [0.2, 0.25) is 10.0 Å². The lowest BCUT2D eigenvalue weighted by Gasteiger charge is -2.20. The summed E-state index contributed by atoms with van der Waals surface area (Å²) in [7, 11) is 1.40. The normalized spacial score (nSPS) is 12.4. The Morgan fingerprint density at radius 1 is 0.976 bits per heavy atom. The Hall–Kier alpha value is -4.41. The number of aryl methyl sites for hydroxylation is 1. The van der Waals surface area contributed by atoms with Crippen LogP contribution in [0.15, 0.2) is 77.7 Å². The second-order valence-corrected chi connectivity index (χ2v) is 10.3. The van der Waals surface area contributed by atoms with Crippen LogP contribution in [-0.2, 0) is 24.4 Å². The third-order valence-corrected chi connectivity index (χ3v) is 7.56. The maximum Gasteiger partial charge on any atom is 0.417 e. The molecule has 12 heteroatoms. The third kappa shape index (κ3) is 5.19. The summed E-state index contributed by atoms with van der Waals surface area (Å²) in [4.78, 5) is 42.8. The number of rotatable bonds is 6. The van der Waals surface area contributed by atoms with Crippen LogP contribution in [-0.4, -0.2) is 32.6 Å². The minimum Gasteiger partial charge on any atom is -0.480 e. The first-order chi connectivity index (χ1) is 19.9. The number of aromatic nitrogens is 2. The summed E-state index contributed by atoms with van der Waals surface area (Å²) in [5.74, 6) is -2.19. The average Bonchev–Trinajstić information content (AvgIpc) is 2.94. The predicted molar refractivity (Wildman–Crippen MR) is 154 cm³/mol. The Morgan fingerprint density at radius 2 is 1.64 bits per heavy atom. The van der Waals surface area contributed by atoms with Crippen LogP contribution in [0.25, 0.3) is 32.9 Å². The molecule has 0 saturated heterocycles. The minimum atomic E-state index is -4.87. The second-order valence-electron chi connectivity index (χ2n) is 9.47. The highest BCUT2D eigenvalue weighted by molar-refractivity contribution is 6.39. The molecule has 3 aromatic carbocycles. The third-order valence-electron chi connectivity index (χ3n) is 6.93. The quantitative estimate of drug-likeness (QED) is 0.227. The van der Waals surface area contributed by atoms with Crippen molar-refractivity contribution in [2.45, 2.75) is 18.6 Å². The molecular weight excluding hydrogens is 594 g/mol. The highest BCUT2D eigenvalue weighted by Crippen LogP contribution is 2.42. The molecule has 2 heterocycles. The number of carboxylic acids is 1. The van der Waals surface area contributed by atoms with E-state index in [1.807, 2.05) is 0 Å². The van der Waals surface area contributed by atoms with Gasteiger partial charge in [0.05, 0.1) is 37.8 Å². The Kier molecular flexibility index (Phi) is 7.70. The lowest BCUT2D eigenvalue weighted by atomic mass is 9.91. The number of carbonyl (C=O) groups is 2. The molecular formula is C30H20Cl2F3N3O4. The fraction of sp³-hybridized carbons (Fsp3) is 0.133. The van der Waals surface area contributed by atoms with E-state index in [4.69, 9.17) is 23.2 Å². The smallest absolute Gasteiger partial charge is 0.417 e. The van der Waals surface area contributed by atoms with Crippen LogP contribution >= 0.6 is 23.2 Å². The van der Waals surface area contributed by atoms with Crippen molar-refractivity contribution in [2.24, 2.45) is 7.05 Å². The molecule has 2 N–H and O–H groups in total.